The van der Waals surface area contributed by atoms with Gasteiger partial charge in [-0.15, -0.1) is 0 Å². The summed E-state index contributed by atoms with van der Waals surface area (Å²) in [7, 11) is 1.57. The van der Waals surface area contributed by atoms with Gasteiger partial charge in [0.15, 0.2) is 6.61 Å². The van der Waals surface area contributed by atoms with E-state index in [2.05, 4.69) is 5.32 Å². The maximum atomic E-state index is 11.9. The van der Waals surface area contributed by atoms with Gasteiger partial charge in [-0.2, -0.15) is 5.26 Å². The molecule has 0 spiro atoms. The van der Waals surface area contributed by atoms with Crippen LogP contribution in [0.15, 0.2) is 42.5 Å². The molecule has 2 aromatic carbocycles. The van der Waals surface area contributed by atoms with Gasteiger partial charge in [0, 0.05) is 18.6 Å². The molecule has 0 aromatic heterocycles. The number of hydrogen-bond acceptors (Lipinski definition) is 8. The Balaban J connectivity index is 1.71. The number of nitriles is 1. The summed E-state index contributed by atoms with van der Waals surface area (Å²) >= 11 is 0. The first kappa shape index (κ1) is 22.2. The van der Waals surface area contributed by atoms with Crippen LogP contribution in [0.25, 0.3) is 0 Å². The predicted molar refractivity (Wildman–Crippen MR) is 105 cm³/mol. The zero-order valence-electron chi connectivity index (χ0n) is 16.1. The molecule has 0 saturated heterocycles. The summed E-state index contributed by atoms with van der Waals surface area (Å²) in [4.78, 5) is 33.7. The Labute approximate surface area is 172 Å². The number of anilines is 1. The Hall–Kier alpha value is -4.13. The largest absolute Gasteiger partial charge is 0.497 e. The van der Waals surface area contributed by atoms with Crippen molar-refractivity contribution in [2.75, 3.05) is 25.6 Å². The van der Waals surface area contributed by atoms with Crippen molar-refractivity contribution in [2.45, 2.75) is 12.8 Å². The third kappa shape index (κ3) is 6.79. The van der Waals surface area contributed by atoms with Crippen LogP contribution in [0.5, 0.6) is 11.5 Å². The van der Waals surface area contributed by atoms with Crippen LogP contribution < -0.4 is 14.8 Å². The lowest BCUT2D eigenvalue weighted by atomic mass is 10.1. The Morgan fingerprint density at radius 2 is 1.87 bits per heavy atom. The summed E-state index contributed by atoms with van der Waals surface area (Å²) in [6.45, 7) is -0.248. The standard InChI is InChI=1S/C20H19N3O7/c1-28-16-5-7-17(8-6-16)29-10-2-3-20(25)30-13-19(24)22-18-9-4-15(23(26)27)11-14(18)12-21/h4-9,11H,2-3,10,13H2,1H3,(H,22,24). The fourth-order valence-corrected chi connectivity index (χ4v) is 2.33. The number of nitrogens with one attached hydrogen (secondary N) is 1. The van der Waals surface area contributed by atoms with Crippen LogP contribution in [-0.4, -0.2) is 37.1 Å². The molecule has 156 valence electrons. The minimum absolute atomic E-state index is 0.0599. The van der Waals surface area contributed by atoms with Crippen LogP contribution in [0.4, 0.5) is 11.4 Å². The number of rotatable bonds is 10. The highest BCUT2D eigenvalue weighted by molar-refractivity contribution is 5.94. The van der Waals surface area contributed by atoms with Crippen molar-refractivity contribution in [3.63, 3.8) is 0 Å². The van der Waals surface area contributed by atoms with E-state index >= 15 is 0 Å². The van der Waals surface area contributed by atoms with Crippen molar-refractivity contribution < 1.29 is 28.7 Å². The molecule has 0 heterocycles. The van der Waals surface area contributed by atoms with Crippen LogP contribution in [0.2, 0.25) is 0 Å². The second-order valence-corrected chi connectivity index (χ2v) is 5.94. The number of non-ortho nitro benzene ring substituents is 1. The average molecular weight is 413 g/mol. The van der Waals surface area contributed by atoms with Crippen LogP contribution >= 0.6 is 0 Å². The van der Waals surface area contributed by atoms with Crippen molar-refractivity contribution in [3.8, 4) is 17.6 Å². The van der Waals surface area contributed by atoms with E-state index in [9.17, 15) is 19.7 Å². The number of nitro groups is 1. The average Bonchev–Trinajstić information content (AvgIpc) is 2.75. The van der Waals surface area contributed by atoms with Crippen LogP contribution in [0, 0.1) is 21.4 Å². The summed E-state index contributed by atoms with van der Waals surface area (Å²) in [6, 6.07) is 12.2. The molecule has 1 N–H and O–H groups in total. The highest BCUT2D eigenvalue weighted by atomic mass is 16.6. The van der Waals surface area contributed by atoms with Crippen molar-refractivity contribution in [2.24, 2.45) is 0 Å². The zero-order chi connectivity index (χ0) is 21.9. The number of benzene rings is 2. The number of carbonyl (C=O) groups is 2. The van der Waals surface area contributed by atoms with Gasteiger partial charge in [0.25, 0.3) is 11.6 Å². The molecule has 0 bridgehead atoms. The molecule has 0 saturated carbocycles. The molecule has 0 aliphatic carbocycles. The van der Waals surface area contributed by atoms with Crippen LogP contribution in [0.3, 0.4) is 0 Å². The van der Waals surface area contributed by atoms with Crippen LogP contribution in [-0.2, 0) is 14.3 Å². The van der Waals surface area contributed by atoms with Crippen molar-refractivity contribution in [1.82, 2.24) is 0 Å². The number of nitrogens with zero attached hydrogens (tertiary/aromatic N) is 2. The first-order chi connectivity index (χ1) is 14.4. The Bertz CT molecular complexity index is 952. The lowest BCUT2D eigenvalue weighted by Gasteiger charge is -2.09. The highest BCUT2D eigenvalue weighted by Gasteiger charge is 2.14. The summed E-state index contributed by atoms with van der Waals surface area (Å²) in [5, 5.41) is 22.2. The second-order valence-electron chi connectivity index (χ2n) is 5.94. The fourth-order valence-electron chi connectivity index (χ4n) is 2.33. The molecule has 10 nitrogen and oxygen atoms in total. The number of nitro benzene ring substituents is 1. The van der Waals surface area contributed by atoms with E-state index in [0.717, 1.165) is 12.1 Å². The van der Waals surface area contributed by atoms with E-state index in [1.165, 1.54) is 6.07 Å². The Kier molecular flexibility index (Phi) is 8.14. The summed E-state index contributed by atoms with van der Waals surface area (Å²) in [6.07, 6.45) is 0.456. The van der Waals surface area contributed by atoms with Gasteiger partial charge in [-0.1, -0.05) is 0 Å². The molecule has 2 aromatic rings. The third-order valence-electron chi connectivity index (χ3n) is 3.83. The minimum atomic E-state index is -0.664. The van der Waals surface area contributed by atoms with E-state index < -0.39 is 23.4 Å². The zero-order valence-corrected chi connectivity index (χ0v) is 16.1. The second kappa shape index (κ2) is 11.0. The SMILES string of the molecule is COc1ccc(OCCCC(=O)OCC(=O)Nc2ccc([N+](=O)[O-])cc2C#N)cc1. The summed E-state index contributed by atoms with van der Waals surface area (Å²) < 4.78 is 15.4. The van der Waals surface area contributed by atoms with Gasteiger partial charge in [-0.05, 0) is 36.8 Å². The summed E-state index contributed by atoms with van der Waals surface area (Å²) in [5.41, 5.74) is -0.246. The van der Waals surface area contributed by atoms with E-state index in [1.54, 1.807) is 37.4 Å². The molecule has 2 rings (SSSR count). The summed E-state index contributed by atoms with van der Waals surface area (Å²) in [5.74, 6) is 0.107. The Morgan fingerprint density at radius 3 is 2.50 bits per heavy atom. The van der Waals surface area contributed by atoms with Gasteiger partial charge in [0.2, 0.25) is 0 Å². The lowest BCUT2D eigenvalue weighted by molar-refractivity contribution is -0.384. The molecule has 30 heavy (non-hydrogen) atoms. The number of esters is 1. The molecule has 0 aliphatic heterocycles. The van der Waals surface area contributed by atoms with Gasteiger partial charge in [0.1, 0.15) is 17.6 Å². The van der Waals surface area contributed by atoms with E-state index in [1.807, 2.05) is 0 Å². The molecule has 1 amide bonds. The van der Waals surface area contributed by atoms with Gasteiger partial charge >= 0.3 is 5.97 Å². The van der Waals surface area contributed by atoms with Crippen molar-refractivity contribution >= 4 is 23.3 Å². The quantitative estimate of drug-likeness (QED) is 0.271. The Morgan fingerprint density at radius 1 is 1.17 bits per heavy atom. The van der Waals surface area contributed by atoms with Gasteiger partial charge in [-0.25, -0.2) is 0 Å². The smallest absolute Gasteiger partial charge is 0.306 e. The molecule has 0 radical (unpaired) electrons. The lowest BCUT2D eigenvalue weighted by Crippen LogP contribution is -2.21. The number of hydrogen-bond donors (Lipinski definition) is 1. The molecular formula is C20H19N3O7. The van der Waals surface area contributed by atoms with Crippen molar-refractivity contribution in [1.29, 1.82) is 5.26 Å². The first-order valence-corrected chi connectivity index (χ1v) is 8.84. The number of carbonyl (C=O) groups excluding carboxylic acids is 2. The molecule has 0 aliphatic rings. The number of ether oxygens (including phenoxy) is 3. The molecule has 0 unspecified atom stereocenters. The van der Waals surface area contributed by atoms with Gasteiger partial charge in [0.05, 0.1) is 29.9 Å². The van der Waals surface area contributed by atoms with E-state index in [4.69, 9.17) is 19.5 Å². The maximum absolute atomic E-state index is 11.9. The van der Waals surface area contributed by atoms with E-state index in [-0.39, 0.29) is 23.4 Å². The molecule has 10 heteroatoms. The number of amides is 1. The third-order valence-corrected chi connectivity index (χ3v) is 3.83. The highest BCUT2D eigenvalue weighted by Crippen LogP contribution is 2.21. The molecule has 0 fully saturated rings. The van der Waals surface area contributed by atoms with Crippen LogP contribution in [0.1, 0.15) is 18.4 Å². The predicted octanol–water partition coefficient (Wildman–Crippen LogP) is 2.82. The topological polar surface area (TPSA) is 141 Å². The minimum Gasteiger partial charge on any atom is -0.497 e. The maximum Gasteiger partial charge on any atom is 0.306 e. The first-order valence-electron chi connectivity index (χ1n) is 8.84. The van der Waals surface area contributed by atoms with Gasteiger partial charge < -0.3 is 19.5 Å². The molecule has 0 atom stereocenters. The molecular weight excluding hydrogens is 394 g/mol. The fraction of sp³-hybridized carbons (Fsp3) is 0.250. The monoisotopic (exact) mass is 413 g/mol. The van der Waals surface area contributed by atoms with E-state index in [0.29, 0.717) is 24.5 Å². The normalized spacial score (nSPS) is 9.87. The van der Waals surface area contributed by atoms with Crippen molar-refractivity contribution in [3.05, 3.63) is 58.1 Å². The number of methoxy groups -OCH3 is 1. The van der Waals surface area contributed by atoms with Gasteiger partial charge in [-0.3, -0.25) is 19.7 Å².